The zero-order chi connectivity index (χ0) is 25.8. The fourth-order valence-corrected chi connectivity index (χ4v) is 5.61. The van der Waals surface area contributed by atoms with Crippen LogP contribution in [0.3, 0.4) is 0 Å². The van der Waals surface area contributed by atoms with Crippen molar-refractivity contribution >= 4 is 17.8 Å². The second kappa shape index (κ2) is 10.9. The molecule has 194 valence electrons. The molecular formula is C27H41N3O5. The van der Waals surface area contributed by atoms with E-state index in [0.717, 1.165) is 29.7 Å². The lowest BCUT2D eigenvalue weighted by Gasteiger charge is -2.43. The quantitative estimate of drug-likeness (QED) is 0.471. The highest BCUT2D eigenvalue weighted by Gasteiger charge is 2.56. The largest absolute Gasteiger partial charge is 0.490 e. The van der Waals surface area contributed by atoms with Crippen molar-refractivity contribution in [1.29, 1.82) is 0 Å². The molecule has 1 aromatic carbocycles. The number of ether oxygens (including phenoxy) is 2. The average molecular weight is 488 g/mol. The van der Waals surface area contributed by atoms with Crippen molar-refractivity contribution in [3.05, 3.63) is 23.8 Å². The molecular weight excluding hydrogens is 446 g/mol. The fraction of sp³-hybridized carbons (Fsp3) is 0.667. The maximum atomic E-state index is 13.3. The molecule has 3 rings (SSSR count). The minimum atomic E-state index is -0.913. The summed E-state index contributed by atoms with van der Waals surface area (Å²) in [6.07, 6.45) is 3.94. The number of hydrogen-bond donors (Lipinski definition) is 2. The number of benzene rings is 1. The number of nitrogens with zero attached hydrogens (tertiary/aromatic N) is 1. The Balaban J connectivity index is 1.67. The van der Waals surface area contributed by atoms with Gasteiger partial charge in [-0.2, -0.15) is 0 Å². The van der Waals surface area contributed by atoms with Crippen molar-refractivity contribution in [2.75, 3.05) is 19.8 Å². The number of amides is 4. The first-order valence-electron chi connectivity index (χ1n) is 12.8. The van der Waals surface area contributed by atoms with Gasteiger partial charge in [-0.25, -0.2) is 4.79 Å². The first kappa shape index (κ1) is 26.8. The molecule has 1 saturated carbocycles. The molecule has 1 heterocycles. The Bertz CT molecular complexity index is 947. The van der Waals surface area contributed by atoms with Crippen LogP contribution in [-0.4, -0.2) is 48.0 Å². The van der Waals surface area contributed by atoms with Crippen molar-refractivity contribution in [2.45, 2.75) is 85.2 Å². The van der Waals surface area contributed by atoms with E-state index in [9.17, 15) is 14.4 Å². The van der Waals surface area contributed by atoms with Crippen LogP contribution in [0.15, 0.2) is 18.2 Å². The highest BCUT2D eigenvalue weighted by molar-refractivity contribution is 6.09. The maximum Gasteiger partial charge on any atom is 0.325 e. The van der Waals surface area contributed by atoms with Crippen LogP contribution in [0.4, 0.5) is 4.79 Å². The van der Waals surface area contributed by atoms with Gasteiger partial charge in [0.15, 0.2) is 11.5 Å². The molecule has 0 aromatic heterocycles. The molecule has 2 aliphatic rings. The van der Waals surface area contributed by atoms with Crippen molar-refractivity contribution in [3.8, 4) is 11.5 Å². The van der Waals surface area contributed by atoms with Crippen LogP contribution in [0.5, 0.6) is 11.5 Å². The molecule has 1 aliphatic heterocycles. The summed E-state index contributed by atoms with van der Waals surface area (Å²) >= 11 is 0. The summed E-state index contributed by atoms with van der Waals surface area (Å²) in [6, 6.07) is 4.79. The molecule has 0 radical (unpaired) electrons. The van der Waals surface area contributed by atoms with Gasteiger partial charge in [-0.05, 0) is 68.1 Å². The highest BCUT2D eigenvalue weighted by atomic mass is 16.5. The summed E-state index contributed by atoms with van der Waals surface area (Å²) in [7, 11) is 0. The number of hydrogen-bond acceptors (Lipinski definition) is 5. The summed E-state index contributed by atoms with van der Waals surface area (Å²) in [5.74, 6) is 0.951. The van der Waals surface area contributed by atoms with Gasteiger partial charge in [0.2, 0.25) is 5.91 Å². The Morgan fingerprint density at radius 1 is 1.14 bits per heavy atom. The topological polar surface area (TPSA) is 97.0 Å². The fourth-order valence-electron chi connectivity index (χ4n) is 5.61. The van der Waals surface area contributed by atoms with Crippen LogP contribution < -0.4 is 20.1 Å². The lowest BCUT2D eigenvalue weighted by atomic mass is 9.64. The Hall–Kier alpha value is -2.77. The van der Waals surface area contributed by atoms with E-state index in [1.807, 2.05) is 39.0 Å². The summed E-state index contributed by atoms with van der Waals surface area (Å²) in [5, 5.41) is 5.84. The summed E-state index contributed by atoms with van der Waals surface area (Å²) in [6.45, 7) is 13.2. The summed E-state index contributed by atoms with van der Waals surface area (Å²) in [5.41, 5.74) is -0.119. The zero-order valence-corrected chi connectivity index (χ0v) is 22.0. The van der Waals surface area contributed by atoms with E-state index in [1.54, 1.807) is 0 Å². The van der Waals surface area contributed by atoms with E-state index >= 15 is 0 Å². The van der Waals surface area contributed by atoms with Gasteiger partial charge in [-0.3, -0.25) is 14.5 Å². The molecule has 2 N–H and O–H groups in total. The minimum absolute atomic E-state index is 0.0576. The number of urea groups is 1. The Labute approximate surface area is 209 Å². The number of rotatable bonds is 10. The van der Waals surface area contributed by atoms with E-state index in [2.05, 4.69) is 31.4 Å². The first-order chi connectivity index (χ1) is 16.5. The van der Waals surface area contributed by atoms with Gasteiger partial charge in [0.05, 0.1) is 19.3 Å². The summed E-state index contributed by atoms with van der Waals surface area (Å²) in [4.78, 5) is 40.0. The minimum Gasteiger partial charge on any atom is -0.490 e. The number of carbonyl (C=O) groups excluding carboxylic acids is 3. The van der Waals surface area contributed by atoms with Crippen molar-refractivity contribution in [2.24, 2.45) is 11.3 Å². The van der Waals surface area contributed by atoms with E-state index in [-0.39, 0.29) is 29.8 Å². The molecule has 8 heteroatoms. The van der Waals surface area contributed by atoms with Crippen molar-refractivity contribution < 1.29 is 23.9 Å². The molecule has 1 aliphatic carbocycles. The standard InChI is InChI=1S/C27H41N3O5/c1-7-11-34-21-10-9-20(13-22(21)35-12-8-2)19(4)28-23(31)16-30-24(32)27(29-25(30)33)15-18(3)14-26(5,6)17-27/h9-10,13,18-19H,7-8,11-12,14-17H2,1-6H3,(H,28,31)(H,29,33). The van der Waals surface area contributed by atoms with Crippen LogP contribution >= 0.6 is 0 Å². The molecule has 8 nitrogen and oxygen atoms in total. The third kappa shape index (κ3) is 6.27. The predicted molar refractivity (Wildman–Crippen MR) is 134 cm³/mol. The Morgan fingerprint density at radius 2 is 1.80 bits per heavy atom. The second-order valence-electron chi connectivity index (χ2n) is 11.0. The molecule has 3 unspecified atom stereocenters. The number of nitrogens with one attached hydrogen (secondary N) is 2. The van der Waals surface area contributed by atoms with Gasteiger partial charge in [-0.15, -0.1) is 0 Å². The number of carbonyl (C=O) groups is 3. The highest BCUT2D eigenvalue weighted by Crippen LogP contribution is 2.46. The van der Waals surface area contributed by atoms with Crippen molar-refractivity contribution in [3.63, 3.8) is 0 Å². The van der Waals surface area contributed by atoms with Crippen LogP contribution in [0, 0.1) is 11.3 Å². The zero-order valence-electron chi connectivity index (χ0n) is 22.0. The Morgan fingerprint density at radius 3 is 2.43 bits per heavy atom. The van der Waals surface area contributed by atoms with E-state index in [0.29, 0.717) is 43.5 Å². The second-order valence-corrected chi connectivity index (χ2v) is 11.0. The third-order valence-electron chi connectivity index (χ3n) is 6.69. The number of imide groups is 1. The van der Waals surface area contributed by atoms with Crippen molar-refractivity contribution in [1.82, 2.24) is 15.5 Å². The van der Waals surface area contributed by atoms with Gasteiger partial charge >= 0.3 is 6.03 Å². The average Bonchev–Trinajstić information content (AvgIpc) is 2.97. The lowest BCUT2D eigenvalue weighted by Crippen LogP contribution is -2.54. The lowest BCUT2D eigenvalue weighted by molar-refractivity contribution is -0.137. The molecule has 1 spiro atoms. The van der Waals surface area contributed by atoms with Gasteiger partial charge in [0, 0.05) is 0 Å². The van der Waals surface area contributed by atoms with Gasteiger partial charge < -0.3 is 20.1 Å². The summed E-state index contributed by atoms with van der Waals surface area (Å²) < 4.78 is 11.6. The van der Waals surface area contributed by atoms with E-state index < -0.39 is 11.6 Å². The van der Waals surface area contributed by atoms with Gasteiger partial charge in [0.25, 0.3) is 5.91 Å². The van der Waals surface area contributed by atoms with Crippen LogP contribution in [-0.2, 0) is 9.59 Å². The predicted octanol–water partition coefficient (Wildman–Crippen LogP) is 4.58. The Kier molecular flexibility index (Phi) is 8.34. The third-order valence-corrected chi connectivity index (χ3v) is 6.69. The van der Waals surface area contributed by atoms with Crippen LogP contribution in [0.1, 0.15) is 85.3 Å². The first-order valence-corrected chi connectivity index (χ1v) is 12.8. The van der Waals surface area contributed by atoms with Crippen LogP contribution in [0.25, 0.3) is 0 Å². The molecule has 35 heavy (non-hydrogen) atoms. The monoisotopic (exact) mass is 487 g/mol. The molecule has 0 bridgehead atoms. The van der Waals surface area contributed by atoms with E-state index in [4.69, 9.17) is 9.47 Å². The maximum absolute atomic E-state index is 13.3. The molecule has 2 fully saturated rings. The molecule has 3 atom stereocenters. The molecule has 1 saturated heterocycles. The molecule has 4 amide bonds. The van der Waals surface area contributed by atoms with Gasteiger partial charge in [0.1, 0.15) is 12.1 Å². The SMILES string of the molecule is CCCOc1ccc(C(C)NC(=O)CN2C(=O)NC3(CC(C)CC(C)(C)C3)C2=O)cc1OCCC. The smallest absolute Gasteiger partial charge is 0.325 e. The van der Waals surface area contributed by atoms with E-state index in [1.165, 1.54) is 0 Å². The van der Waals surface area contributed by atoms with Gasteiger partial charge in [-0.1, -0.05) is 40.7 Å². The van der Waals surface area contributed by atoms with Crippen LogP contribution in [0.2, 0.25) is 0 Å². The molecule has 1 aromatic rings. The normalized spacial score (nSPS) is 24.3.